The van der Waals surface area contributed by atoms with Gasteiger partial charge in [0.2, 0.25) is 0 Å². The number of methoxy groups -OCH3 is 1. The Morgan fingerprint density at radius 1 is 1.30 bits per heavy atom. The smallest absolute Gasteiger partial charge is 0.416 e. The molecule has 0 spiro atoms. The van der Waals surface area contributed by atoms with E-state index in [1.54, 1.807) is 0 Å². The summed E-state index contributed by atoms with van der Waals surface area (Å²) < 4.78 is 42.6. The van der Waals surface area contributed by atoms with Gasteiger partial charge in [0.15, 0.2) is 5.75 Å². The Morgan fingerprint density at radius 2 is 2.00 bits per heavy atom. The van der Waals surface area contributed by atoms with Crippen LogP contribution >= 0.6 is 11.6 Å². The molecular formula is C12H8ClF3N2O2. The van der Waals surface area contributed by atoms with Gasteiger partial charge in [-0.25, -0.2) is 5.10 Å². The van der Waals surface area contributed by atoms with E-state index in [4.69, 9.17) is 16.3 Å². The monoisotopic (exact) mass is 304 g/mol. The number of ether oxygens (including phenoxy) is 1. The maximum Gasteiger partial charge on any atom is 0.416 e. The summed E-state index contributed by atoms with van der Waals surface area (Å²) >= 11 is 5.86. The molecule has 1 heterocycles. The fourth-order valence-electron chi connectivity index (χ4n) is 1.69. The number of alkyl halides is 3. The summed E-state index contributed by atoms with van der Waals surface area (Å²) in [4.78, 5) is 11.5. The van der Waals surface area contributed by atoms with Crippen LogP contribution in [0.25, 0.3) is 11.1 Å². The molecule has 1 aromatic heterocycles. The SMILES string of the molecule is COc1c(-c2ccc(C(F)(F)F)cc2Cl)cn[nH]c1=O. The Morgan fingerprint density at radius 3 is 2.55 bits per heavy atom. The highest BCUT2D eigenvalue weighted by Gasteiger charge is 2.31. The van der Waals surface area contributed by atoms with Crippen molar-refractivity contribution in [2.24, 2.45) is 0 Å². The highest BCUT2D eigenvalue weighted by molar-refractivity contribution is 6.33. The van der Waals surface area contributed by atoms with Gasteiger partial charge in [-0.2, -0.15) is 18.3 Å². The first kappa shape index (κ1) is 14.4. The molecule has 0 fully saturated rings. The minimum absolute atomic E-state index is 0.0679. The lowest BCUT2D eigenvalue weighted by atomic mass is 10.0. The molecule has 0 aliphatic rings. The minimum atomic E-state index is -4.49. The normalized spacial score (nSPS) is 11.4. The first-order chi connectivity index (χ1) is 9.34. The zero-order chi connectivity index (χ0) is 14.9. The van der Waals surface area contributed by atoms with Gasteiger partial charge in [0.1, 0.15) is 0 Å². The topological polar surface area (TPSA) is 55.0 Å². The van der Waals surface area contributed by atoms with Crippen molar-refractivity contribution in [2.45, 2.75) is 6.18 Å². The maximum absolute atomic E-state index is 12.6. The Labute approximate surface area is 116 Å². The van der Waals surface area contributed by atoms with E-state index >= 15 is 0 Å². The number of halogens is 4. The van der Waals surface area contributed by atoms with Crippen LogP contribution in [0.3, 0.4) is 0 Å². The summed E-state index contributed by atoms with van der Waals surface area (Å²) in [7, 11) is 1.27. The van der Waals surface area contributed by atoms with Crippen LogP contribution in [0.4, 0.5) is 13.2 Å². The highest BCUT2D eigenvalue weighted by atomic mass is 35.5. The lowest BCUT2D eigenvalue weighted by Gasteiger charge is -2.11. The van der Waals surface area contributed by atoms with Crippen molar-refractivity contribution in [3.63, 3.8) is 0 Å². The fraction of sp³-hybridized carbons (Fsp3) is 0.167. The summed E-state index contributed by atoms with van der Waals surface area (Å²) in [6, 6.07) is 2.84. The van der Waals surface area contributed by atoms with Crippen molar-refractivity contribution in [3.8, 4) is 16.9 Å². The lowest BCUT2D eigenvalue weighted by Crippen LogP contribution is -2.12. The second kappa shape index (κ2) is 5.16. The molecule has 0 unspecified atom stereocenters. The van der Waals surface area contributed by atoms with Crippen LogP contribution < -0.4 is 10.3 Å². The van der Waals surface area contributed by atoms with E-state index in [2.05, 4.69) is 10.2 Å². The van der Waals surface area contributed by atoms with E-state index in [-0.39, 0.29) is 21.9 Å². The third kappa shape index (κ3) is 2.62. The summed E-state index contributed by atoms with van der Waals surface area (Å²) in [5.41, 5.74) is -1.02. The largest absolute Gasteiger partial charge is 0.491 e. The van der Waals surface area contributed by atoms with Crippen molar-refractivity contribution in [2.75, 3.05) is 7.11 Å². The van der Waals surface area contributed by atoms with E-state index in [0.29, 0.717) is 0 Å². The second-order valence-corrected chi connectivity index (χ2v) is 4.25. The van der Waals surface area contributed by atoms with Crippen LogP contribution in [0.15, 0.2) is 29.2 Å². The zero-order valence-corrected chi connectivity index (χ0v) is 10.8. The molecule has 106 valence electrons. The molecule has 8 heteroatoms. The highest BCUT2D eigenvalue weighted by Crippen LogP contribution is 2.37. The summed E-state index contributed by atoms with van der Waals surface area (Å²) in [5, 5.41) is 5.60. The molecule has 0 radical (unpaired) electrons. The average molecular weight is 305 g/mol. The number of aromatic nitrogens is 2. The number of hydrogen-bond donors (Lipinski definition) is 1. The molecular weight excluding hydrogens is 297 g/mol. The van der Waals surface area contributed by atoms with E-state index in [0.717, 1.165) is 12.1 Å². The van der Waals surface area contributed by atoms with Crippen LogP contribution in [0, 0.1) is 0 Å². The summed E-state index contributed by atoms with van der Waals surface area (Å²) in [6.07, 6.45) is -3.23. The zero-order valence-electron chi connectivity index (χ0n) is 10.1. The standard InChI is InChI=1S/C12H8ClF3N2O2/c1-20-10-8(5-17-18-11(10)19)7-3-2-6(4-9(7)13)12(14,15)16/h2-5H,1H3,(H,18,19). The molecule has 1 N–H and O–H groups in total. The molecule has 0 saturated heterocycles. The van der Waals surface area contributed by atoms with Crippen LogP contribution in [-0.2, 0) is 6.18 Å². The van der Waals surface area contributed by atoms with Crippen LogP contribution in [-0.4, -0.2) is 17.3 Å². The van der Waals surface area contributed by atoms with E-state index in [9.17, 15) is 18.0 Å². The molecule has 0 atom stereocenters. The van der Waals surface area contributed by atoms with Gasteiger partial charge in [-0.1, -0.05) is 17.7 Å². The molecule has 0 aliphatic heterocycles. The molecule has 0 bridgehead atoms. The first-order valence-electron chi connectivity index (χ1n) is 5.33. The number of rotatable bonds is 2. The third-order valence-corrected chi connectivity index (χ3v) is 2.91. The van der Waals surface area contributed by atoms with Crippen molar-refractivity contribution in [1.29, 1.82) is 0 Å². The van der Waals surface area contributed by atoms with Gasteiger partial charge in [-0.15, -0.1) is 0 Å². The number of hydrogen-bond acceptors (Lipinski definition) is 3. The number of nitrogens with one attached hydrogen (secondary N) is 1. The third-order valence-electron chi connectivity index (χ3n) is 2.60. The Bertz CT molecular complexity index is 698. The predicted octanol–water partition coefficient (Wildman–Crippen LogP) is 3.12. The van der Waals surface area contributed by atoms with Crippen molar-refractivity contribution in [1.82, 2.24) is 10.2 Å². The lowest BCUT2D eigenvalue weighted by molar-refractivity contribution is -0.137. The van der Waals surface area contributed by atoms with Gasteiger partial charge in [0, 0.05) is 10.6 Å². The quantitative estimate of drug-likeness (QED) is 0.927. The number of nitrogens with zero attached hydrogens (tertiary/aromatic N) is 1. The number of benzene rings is 1. The first-order valence-corrected chi connectivity index (χ1v) is 5.71. The Kier molecular flexibility index (Phi) is 3.71. The van der Waals surface area contributed by atoms with E-state index < -0.39 is 17.3 Å². The van der Waals surface area contributed by atoms with Gasteiger partial charge >= 0.3 is 11.7 Å². The fourth-order valence-corrected chi connectivity index (χ4v) is 1.97. The van der Waals surface area contributed by atoms with Crippen molar-refractivity contribution >= 4 is 11.6 Å². The maximum atomic E-state index is 12.6. The van der Waals surface area contributed by atoms with Gasteiger partial charge in [-0.3, -0.25) is 4.79 Å². The van der Waals surface area contributed by atoms with Crippen molar-refractivity contribution in [3.05, 3.63) is 45.3 Å². The van der Waals surface area contributed by atoms with Crippen LogP contribution in [0.2, 0.25) is 5.02 Å². The molecule has 2 aromatic rings. The number of aromatic amines is 1. The van der Waals surface area contributed by atoms with Gasteiger partial charge in [0.25, 0.3) is 0 Å². The molecule has 0 aliphatic carbocycles. The van der Waals surface area contributed by atoms with Gasteiger partial charge in [0.05, 0.1) is 24.4 Å². The minimum Gasteiger partial charge on any atom is -0.491 e. The van der Waals surface area contributed by atoms with E-state index in [1.165, 1.54) is 19.4 Å². The molecule has 20 heavy (non-hydrogen) atoms. The molecule has 4 nitrogen and oxygen atoms in total. The Balaban J connectivity index is 2.61. The van der Waals surface area contributed by atoms with Gasteiger partial charge in [-0.05, 0) is 12.1 Å². The van der Waals surface area contributed by atoms with E-state index in [1.807, 2.05) is 0 Å². The molecule has 2 rings (SSSR count). The number of H-pyrrole nitrogens is 1. The molecule has 0 amide bonds. The summed E-state index contributed by atoms with van der Waals surface area (Å²) in [5.74, 6) is -0.0679. The van der Waals surface area contributed by atoms with Crippen LogP contribution in [0.5, 0.6) is 5.75 Å². The van der Waals surface area contributed by atoms with Crippen molar-refractivity contribution < 1.29 is 17.9 Å². The van der Waals surface area contributed by atoms with Crippen LogP contribution in [0.1, 0.15) is 5.56 Å². The second-order valence-electron chi connectivity index (χ2n) is 3.84. The molecule has 1 aromatic carbocycles. The predicted molar refractivity (Wildman–Crippen MR) is 66.9 cm³/mol. The van der Waals surface area contributed by atoms with Gasteiger partial charge < -0.3 is 4.74 Å². The summed E-state index contributed by atoms with van der Waals surface area (Å²) in [6.45, 7) is 0. The Hall–Kier alpha value is -2.02. The average Bonchev–Trinajstić information content (AvgIpc) is 2.37. The molecule has 0 saturated carbocycles.